The van der Waals surface area contributed by atoms with E-state index in [0.29, 0.717) is 0 Å². The summed E-state index contributed by atoms with van der Waals surface area (Å²) in [5, 5.41) is 2.84. The molecule has 6 nitrogen and oxygen atoms in total. The molecule has 3 rings (SSSR count). The number of carbonyl (C=O) groups excluding carboxylic acids is 1. The van der Waals surface area contributed by atoms with E-state index in [2.05, 4.69) is 22.3 Å². The molecule has 1 heterocycles. The molecule has 0 radical (unpaired) electrons. The van der Waals surface area contributed by atoms with Crippen molar-refractivity contribution < 1.29 is 17.6 Å². The minimum Gasteiger partial charge on any atom is -0.350 e. The van der Waals surface area contributed by atoms with E-state index in [4.69, 9.17) is 0 Å². The number of sulfonamides is 1. The summed E-state index contributed by atoms with van der Waals surface area (Å²) >= 11 is 0. The Morgan fingerprint density at radius 1 is 1.09 bits per heavy atom. The smallest absolute Gasteiger partial charge is 0.244 e. The number of rotatable bonds is 9. The molecule has 1 aliphatic rings. The Bertz CT molecular complexity index is 1020. The van der Waals surface area contributed by atoms with Crippen molar-refractivity contribution >= 4 is 21.6 Å². The maximum atomic E-state index is 14.4. The Morgan fingerprint density at radius 2 is 1.78 bits per heavy atom. The summed E-state index contributed by atoms with van der Waals surface area (Å²) < 4.78 is 40.2. The number of amides is 1. The molecule has 174 valence electrons. The van der Waals surface area contributed by atoms with Crippen LogP contribution >= 0.6 is 0 Å². The van der Waals surface area contributed by atoms with Gasteiger partial charge in [-0.15, -0.1) is 0 Å². The van der Waals surface area contributed by atoms with E-state index in [9.17, 15) is 17.6 Å². The van der Waals surface area contributed by atoms with Crippen molar-refractivity contribution in [2.45, 2.75) is 51.7 Å². The van der Waals surface area contributed by atoms with Crippen LogP contribution in [0, 0.1) is 5.82 Å². The lowest BCUT2D eigenvalue weighted by Gasteiger charge is -2.30. The fraction of sp³-hybridized carbons (Fsp3) is 0.458. The summed E-state index contributed by atoms with van der Waals surface area (Å²) in [5.74, 6) is -1.14. The Balaban J connectivity index is 1.70. The Kier molecular flexibility index (Phi) is 8.26. The zero-order valence-corrected chi connectivity index (χ0v) is 19.6. The topological polar surface area (TPSA) is 69.7 Å². The van der Waals surface area contributed by atoms with Gasteiger partial charge in [0, 0.05) is 13.1 Å². The van der Waals surface area contributed by atoms with Gasteiger partial charge in [0.25, 0.3) is 0 Å². The van der Waals surface area contributed by atoms with Crippen LogP contribution in [0.4, 0.5) is 10.1 Å². The van der Waals surface area contributed by atoms with Crippen LogP contribution in [-0.2, 0) is 27.9 Å². The fourth-order valence-electron chi connectivity index (χ4n) is 4.19. The highest BCUT2D eigenvalue weighted by Crippen LogP contribution is 2.25. The lowest BCUT2D eigenvalue weighted by Crippen LogP contribution is -2.49. The highest BCUT2D eigenvalue weighted by molar-refractivity contribution is 7.92. The summed E-state index contributed by atoms with van der Waals surface area (Å²) in [6.07, 6.45) is 4.94. The van der Waals surface area contributed by atoms with Crippen LogP contribution in [0.2, 0.25) is 0 Å². The van der Waals surface area contributed by atoms with Crippen LogP contribution in [0.1, 0.15) is 43.7 Å². The maximum absolute atomic E-state index is 14.4. The zero-order valence-electron chi connectivity index (χ0n) is 18.8. The van der Waals surface area contributed by atoms with Gasteiger partial charge < -0.3 is 5.32 Å². The number of halogens is 1. The molecule has 2 aromatic carbocycles. The Morgan fingerprint density at radius 3 is 2.44 bits per heavy atom. The van der Waals surface area contributed by atoms with Crippen molar-refractivity contribution in [3.63, 3.8) is 0 Å². The highest BCUT2D eigenvalue weighted by atomic mass is 32.2. The minimum absolute atomic E-state index is 0.125. The van der Waals surface area contributed by atoms with Gasteiger partial charge >= 0.3 is 0 Å². The third-order valence-electron chi connectivity index (χ3n) is 5.73. The second-order valence-electron chi connectivity index (χ2n) is 8.31. The van der Waals surface area contributed by atoms with E-state index >= 15 is 0 Å². The SMILES string of the molecule is CC[C@@H](C(=O)NCc1cccc(CN2CCCCC2)c1)N(c1ccccc1F)S(C)(=O)=O. The highest BCUT2D eigenvalue weighted by Gasteiger charge is 2.32. The largest absolute Gasteiger partial charge is 0.350 e. The minimum atomic E-state index is -3.88. The summed E-state index contributed by atoms with van der Waals surface area (Å²) in [5.41, 5.74) is 2.01. The molecular weight excluding hydrogens is 429 g/mol. The molecule has 1 fully saturated rings. The molecular formula is C24H32FN3O3S. The first-order valence-corrected chi connectivity index (χ1v) is 13.0. The monoisotopic (exact) mass is 461 g/mol. The van der Waals surface area contributed by atoms with Crippen molar-refractivity contribution in [1.29, 1.82) is 0 Å². The number of nitrogens with one attached hydrogen (secondary N) is 1. The van der Waals surface area contributed by atoms with Gasteiger partial charge in [0.15, 0.2) is 0 Å². The number of carbonyl (C=O) groups is 1. The van der Waals surface area contributed by atoms with Gasteiger partial charge in [-0.25, -0.2) is 12.8 Å². The number of nitrogens with zero attached hydrogens (tertiary/aromatic N) is 2. The van der Waals surface area contributed by atoms with E-state index in [0.717, 1.165) is 35.8 Å². The van der Waals surface area contributed by atoms with Gasteiger partial charge in [-0.1, -0.05) is 49.7 Å². The fourth-order valence-corrected chi connectivity index (χ4v) is 5.40. The number of likely N-dealkylation sites (tertiary alicyclic amines) is 1. The maximum Gasteiger partial charge on any atom is 0.244 e. The molecule has 1 saturated heterocycles. The van der Waals surface area contributed by atoms with Crippen molar-refractivity contribution in [2.24, 2.45) is 0 Å². The average Bonchev–Trinajstić information content (AvgIpc) is 2.77. The summed E-state index contributed by atoms with van der Waals surface area (Å²) in [4.78, 5) is 15.4. The Labute approximate surface area is 190 Å². The van der Waals surface area contributed by atoms with Gasteiger partial charge in [-0.05, 0) is 55.6 Å². The standard InChI is InChI=1S/C24H32FN3O3S/c1-3-22(28(32(2,30)31)23-13-6-5-12-21(23)25)24(29)26-17-19-10-9-11-20(16-19)18-27-14-7-4-8-15-27/h5-6,9-13,16,22H,3-4,7-8,14-15,17-18H2,1-2H3,(H,26,29)/t22-/m0/s1. The third kappa shape index (κ3) is 6.29. The number of anilines is 1. The van der Waals surface area contributed by atoms with Gasteiger partial charge in [-0.2, -0.15) is 0 Å². The molecule has 0 spiro atoms. The van der Waals surface area contributed by atoms with Crippen molar-refractivity contribution in [2.75, 3.05) is 23.7 Å². The molecule has 0 saturated carbocycles. The number of piperidine rings is 1. The van der Waals surface area contributed by atoms with Gasteiger partial charge in [0.05, 0.1) is 11.9 Å². The molecule has 1 aliphatic heterocycles. The molecule has 0 aromatic heterocycles. The molecule has 0 unspecified atom stereocenters. The predicted molar refractivity (Wildman–Crippen MR) is 125 cm³/mol. The van der Waals surface area contributed by atoms with E-state index in [-0.39, 0.29) is 18.7 Å². The molecule has 0 aliphatic carbocycles. The summed E-state index contributed by atoms with van der Waals surface area (Å²) in [6, 6.07) is 12.6. The van der Waals surface area contributed by atoms with Crippen LogP contribution in [0.3, 0.4) is 0 Å². The van der Waals surface area contributed by atoms with Crippen LogP contribution < -0.4 is 9.62 Å². The van der Waals surface area contributed by atoms with Gasteiger partial charge in [0.1, 0.15) is 11.9 Å². The molecule has 32 heavy (non-hydrogen) atoms. The second kappa shape index (κ2) is 10.9. The first-order chi connectivity index (χ1) is 15.3. The van der Waals surface area contributed by atoms with E-state index in [1.807, 2.05) is 12.1 Å². The lowest BCUT2D eigenvalue weighted by molar-refractivity contribution is -0.122. The van der Waals surface area contributed by atoms with Crippen LogP contribution in [0.15, 0.2) is 48.5 Å². The van der Waals surface area contributed by atoms with Gasteiger partial charge in [0.2, 0.25) is 15.9 Å². The number of para-hydroxylation sites is 1. The molecule has 8 heteroatoms. The molecule has 2 aromatic rings. The van der Waals surface area contributed by atoms with E-state index in [1.54, 1.807) is 13.0 Å². The van der Waals surface area contributed by atoms with E-state index < -0.39 is 27.8 Å². The van der Waals surface area contributed by atoms with E-state index in [1.165, 1.54) is 43.0 Å². The quantitative estimate of drug-likeness (QED) is 0.619. The second-order valence-corrected chi connectivity index (χ2v) is 10.2. The van der Waals surface area contributed by atoms with Crippen LogP contribution in [0.5, 0.6) is 0 Å². The summed E-state index contributed by atoms with van der Waals surface area (Å²) in [6.45, 7) is 5.09. The zero-order chi connectivity index (χ0) is 23.1. The molecule has 1 N–H and O–H groups in total. The molecule has 1 amide bonds. The molecule has 0 bridgehead atoms. The van der Waals surface area contributed by atoms with Crippen molar-refractivity contribution in [3.05, 3.63) is 65.5 Å². The Hall–Kier alpha value is -2.45. The molecule has 1 atom stereocenters. The number of hydrogen-bond acceptors (Lipinski definition) is 4. The number of benzene rings is 2. The van der Waals surface area contributed by atoms with Crippen LogP contribution in [0.25, 0.3) is 0 Å². The first kappa shape index (κ1) is 24.2. The third-order valence-corrected chi connectivity index (χ3v) is 6.90. The van der Waals surface area contributed by atoms with Crippen molar-refractivity contribution in [3.8, 4) is 0 Å². The van der Waals surface area contributed by atoms with Gasteiger partial charge in [-0.3, -0.25) is 14.0 Å². The lowest BCUT2D eigenvalue weighted by atomic mass is 10.1. The number of hydrogen-bond donors (Lipinski definition) is 1. The predicted octanol–water partition coefficient (Wildman–Crippen LogP) is 3.67. The average molecular weight is 462 g/mol. The first-order valence-electron chi connectivity index (χ1n) is 11.1. The van der Waals surface area contributed by atoms with Crippen LogP contribution in [-0.4, -0.2) is 44.6 Å². The summed E-state index contributed by atoms with van der Waals surface area (Å²) in [7, 11) is -3.88. The van der Waals surface area contributed by atoms with Crippen molar-refractivity contribution in [1.82, 2.24) is 10.2 Å². The normalized spacial score (nSPS) is 15.8.